The van der Waals surface area contributed by atoms with Gasteiger partial charge in [-0.2, -0.15) is 0 Å². The molecule has 0 aliphatic carbocycles. The molecule has 65 heavy (non-hydrogen) atoms. The van der Waals surface area contributed by atoms with E-state index in [1.54, 1.807) is 94.0 Å². The van der Waals surface area contributed by atoms with Crippen LogP contribution < -0.4 is 72.4 Å². The van der Waals surface area contributed by atoms with Gasteiger partial charge in [-0.25, -0.2) is 29.1 Å². The maximum Gasteiger partial charge on any atom is 1.00 e. The Bertz CT molecular complexity index is 1830. The van der Waals surface area contributed by atoms with E-state index < -0.39 is 71.6 Å². The molecule has 0 radical (unpaired) electrons. The first-order valence-electron chi connectivity index (χ1n) is 19.3. The van der Waals surface area contributed by atoms with Gasteiger partial charge >= 0.3 is 81.7 Å². The summed E-state index contributed by atoms with van der Waals surface area (Å²) in [6, 6.07) is -2.49. The van der Waals surface area contributed by atoms with Crippen LogP contribution in [0.4, 0.5) is 19.2 Å². The van der Waals surface area contributed by atoms with Gasteiger partial charge in [0.05, 0.1) is 18.5 Å². The minimum absolute atomic E-state index is 0. The number of imidazole rings is 2. The summed E-state index contributed by atoms with van der Waals surface area (Å²) >= 11 is 0. The summed E-state index contributed by atoms with van der Waals surface area (Å²) in [6.07, 6.45) is 7.57. The van der Waals surface area contributed by atoms with Crippen molar-refractivity contribution in [1.82, 2.24) is 35.1 Å². The molecule has 3 atom stereocenters. The number of carbonyl (C=O) groups is 10. The second-order valence-electron chi connectivity index (χ2n) is 16.4. The van der Waals surface area contributed by atoms with Gasteiger partial charge in [-0.3, -0.25) is 33.1 Å². The Balaban J connectivity index is -0.000000363. The SMILES string of the molecule is CC(=O)/C=C(\O)[C@@H](C)NC(=O)OC(C)(C)C.CC(=O)CC(=O)[C@@H](C)NC(=O)OC(C)(C)C.CC(=O)CC(=O)[O-].C[C@@H](NC(=O)OC(C)(C)C)C(=O)O.O=C(n1ccnc1)n1ccnc1.[K+]. The van der Waals surface area contributed by atoms with Crippen LogP contribution in [0.15, 0.2) is 49.3 Å². The van der Waals surface area contributed by atoms with Crippen LogP contribution in [0.3, 0.4) is 0 Å². The molecule has 0 saturated heterocycles. The molecule has 0 aliphatic heterocycles. The summed E-state index contributed by atoms with van der Waals surface area (Å²) in [5.74, 6) is -3.80. The third-order valence-electron chi connectivity index (χ3n) is 6.11. The Labute approximate surface area is 421 Å². The molecule has 3 amide bonds. The molecule has 2 aromatic rings. The molecule has 2 rings (SSSR count). The van der Waals surface area contributed by atoms with Crippen molar-refractivity contribution in [2.24, 2.45) is 0 Å². The Morgan fingerprint density at radius 2 is 0.954 bits per heavy atom. The Morgan fingerprint density at radius 3 is 1.20 bits per heavy atom. The van der Waals surface area contributed by atoms with Crippen LogP contribution in [0.1, 0.15) is 117 Å². The third kappa shape index (κ3) is 41.2. The molecule has 0 unspecified atom stereocenters. The van der Waals surface area contributed by atoms with E-state index in [1.165, 1.54) is 56.4 Å². The van der Waals surface area contributed by atoms with E-state index in [4.69, 9.17) is 19.3 Å². The molecule has 0 bridgehead atoms. The number of allylic oxidation sites excluding steroid dienone is 1. The molecule has 0 spiro atoms. The van der Waals surface area contributed by atoms with E-state index in [1.807, 2.05) is 0 Å². The quantitative estimate of drug-likeness (QED) is 0.0680. The number of rotatable bonds is 11. The summed E-state index contributed by atoms with van der Waals surface area (Å²) in [5, 5.41) is 34.3. The number of aromatic nitrogens is 4. The molecule has 5 N–H and O–H groups in total. The number of aliphatic hydroxyl groups is 1. The number of aliphatic carboxylic acids is 2. The number of carboxylic acid groups (broad SMARTS) is 2. The summed E-state index contributed by atoms with van der Waals surface area (Å²) in [5.41, 5.74) is -1.81. The molecule has 24 heteroatoms. The normalized spacial score (nSPS) is 12.0. The van der Waals surface area contributed by atoms with Gasteiger partial charge in [-0.15, -0.1) is 0 Å². The first kappa shape index (κ1) is 66.3. The number of nitrogens with zero attached hydrogens (tertiary/aromatic N) is 4. The largest absolute Gasteiger partial charge is 1.00 e. The van der Waals surface area contributed by atoms with Crippen LogP contribution in [-0.2, 0) is 43.0 Å². The van der Waals surface area contributed by atoms with E-state index in [0.717, 1.165) is 6.08 Å². The number of hydrogen-bond acceptors (Lipinski definition) is 17. The second kappa shape index (κ2) is 32.4. The molecule has 0 aromatic carbocycles. The molecule has 0 aliphatic rings. The van der Waals surface area contributed by atoms with Crippen molar-refractivity contribution in [3.63, 3.8) is 0 Å². The second-order valence-corrected chi connectivity index (χ2v) is 16.4. The summed E-state index contributed by atoms with van der Waals surface area (Å²) in [6.45, 7) is 23.8. The van der Waals surface area contributed by atoms with Gasteiger partial charge in [0.1, 0.15) is 52.8 Å². The van der Waals surface area contributed by atoms with Gasteiger partial charge in [0.15, 0.2) is 11.6 Å². The molecule has 360 valence electrons. The van der Waals surface area contributed by atoms with E-state index in [0.29, 0.717) is 0 Å². The Kier molecular flexibility index (Phi) is 33.0. The molecule has 2 heterocycles. The van der Waals surface area contributed by atoms with Crippen LogP contribution in [0.2, 0.25) is 0 Å². The van der Waals surface area contributed by atoms with Crippen LogP contribution in [0.25, 0.3) is 0 Å². The third-order valence-corrected chi connectivity index (χ3v) is 6.11. The number of Topliss-reactive ketones (excluding diaryl/α,β-unsaturated/α-hetero) is 3. The number of ether oxygens (including phenoxy) is 3. The fourth-order valence-electron chi connectivity index (χ4n) is 3.48. The molecule has 2 aromatic heterocycles. The van der Waals surface area contributed by atoms with Gasteiger partial charge < -0.3 is 50.3 Å². The summed E-state index contributed by atoms with van der Waals surface area (Å²) in [7, 11) is 0. The van der Waals surface area contributed by atoms with E-state index in [9.17, 15) is 58.2 Å². The average Bonchev–Trinajstić information content (AvgIpc) is 3.81. The first-order valence-corrected chi connectivity index (χ1v) is 19.3. The van der Waals surface area contributed by atoms with Crippen molar-refractivity contribution in [2.75, 3.05) is 0 Å². The molecule has 0 saturated carbocycles. The number of alkyl carbamates (subject to hydrolysis) is 3. The van der Waals surface area contributed by atoms with Crippen LogP contribution in [0, 0.1) is 0 Å². The van der Waals surface area contributed by atoms with Gasteiger partial charge in [0.2, 0.25) is 0 Å². The smallest absolute Gasteiger partial charge is 0.550 e. The predicted octanol–water partition coefficient (Wildman–Crippen LogP) is 0.678. The maximum atomic E-state index is 11.4. The van der Waals surface area contributed by atoms with Gasteiger partial charge in [0.25, 0.3) is 0 Å². The number of nitrogens with one attached hydrogen (secondary N) is 3. The monoisotopic (exact) mass is 949 g/mol. The number of carbonyl (C=O) groups excluding carboxylic acids is 9. The Morgan fingerprint density at radius 1 is 0.615 bits per heavy atom. The fourth-order valence-corrected chi connectivity index (χ4v) is 3.48. The van der Waals surface area contributed by atoms with E-state index >= 15 is 0 Å². The van der Waals surface area contributed by atoms with Crippen molar-refractivity contribution >= 4 is 59.4 Å². The summed E-state index contributed by atoms with van der Waals surface area (Å²) in [4.78, 5) is 115. The van der Waals surface area contributed by atoms with Crippen molar-refractivity contribution < 1.29 is 129 Å². The van der Waals surface area contributed by atoms with Crippen molar-refractivity contribution in [2.45, 2.75) is 152 Å². The van der Waals surface area contributed by atoms with Gasteiger partial charge in [-0.05, 0) is 104 Å². The molecule has 23 nitrogen and oxygen atoms in total. The number of ketones is 4. The Hall–Kier alpha value is -5.30. The van der Waals surface area contributed by atoms with Crippen LogP contribution >= 0.6 is 0 Å². The van der Waals surface area contributed by atoms with Crippen molar-refractivity contribution in [3.05, 3.63) is 49.3 Å². The zero-order valence-corrected chi connectivity index (χ0v) is 43.2. The standard InChI is InChI=1S/2C11H19NO4.C8H15NO4.C7H6N4O.C4H6O3.K/c2*1-7(13)6-9(14)8(2)12-10(15)16-11(3,4)5;1-5(6(10)11)9-7(12)13-8(2,3)4;12-7(10-3-1-8-5-10)11-4-2-9-6-11;1-3(5)2-4(6)7;/h8H,6H2,1-5H3,(H,12,15);6,8,14H,1-5H3,(H,12,15);5H,1-4H3,(H,9,12)(H,10,11);1-6H;2H2,1H3,(H,6,7);/q;;;;;+1/p-1/b;9-6-;;;;/t2*8-;5-;;;/m111.../s1. The van der Waals surface area contributed by atoms with E-state index in [2.05, 4.69) is 25.9 Å². The number of carboxylic acids is 2. The van der Waals surface area contributed by atoms with E-state index in [-0.39, 0.29) is 92.7 Å². The van der Waals surface area contributed by atoms with Crippen molar-refractivity contribution in [3.8, 4) is 0 Å². The average molecular weight is 950 g/mol. The molecular weight excluding hydrogens is 886 g/mol. The minimum Gasteiger partial charge on any atom is -0.550 e. The molecular formula is C41H64KN7O16. The maximum absolute atomic E-state index is 11.4. The zero-order valence-electron chi connectivity index (χ0n) is 40.1. The topological polar surface area (TPSA) is 334 Å². The number of aliphatic hydroxyl groups excluding tert-OH is 1. The fraction of sp³-hybridized carbons (Fsp3) is 0.561. The van der Waals surface area contributed by atoms with Gasteiger partial charge in [-0.1, -0.05) is 0 Å². The minimum atomic E-state index is -1.31. The first-order chi connectivity index (χ1) is 29.0. The van der Waals surface area contributed by atoms with Crippen LogP contribution in [-0.4, -0.2) is 124 Å². The van der Waals surface area contributed by atoms with Crippen LogP contribution in [0.5, 0.6) is 0 Å². The summed E-state index contributed by atoms with van der Waals surface area (Å²) < 4.78 is 17.6. The van der Waals surface area contributed by atoms with Crippen molar-refractivity contribution in [1.29, 1.82) is 0 Å². The predicted molar refractivity (Wildman–Crippen MR) is 227 cm³/mol. The number of hydrogen-bond donors (Lipinski definition) is 5. The zero-order chi connectivity index (χ0) is 50.8. The van der Waals surface area contributed by atoms with Gasteiger partial charge in [0, 0.05) is 43.3 Å². The number of amides is 3. The molecule has 0 fully saturated rings.